The van der Waals surface area contributed by atoms with Crippen LogP contribution < -0.4 is 0 Å². The van der Waals surface area contributed by atoms with Crippen LogP contribution in [0.3, 0.4) is 0 Å². The van der Waals surface area contributed by atoms with Crippen LogP contribution in [-0.4, -0.2) is 37.2 Å². The van der Waals surface area contributed by atoms with E-state index >= 15 is 0 Å². The van der Waals surface area contributed by atoms with Crippen molar-refractivity contribution in [1.82, 2.24) is 0 Å². The molecule has 0 aromatic carbocycles. The second kappa shape index (κ2) is 51.5. The molecule has 364 valence electrons. The van der Waals surface area contributed by atoms with E-state index in [1.165, 1.54) is 199 Å². The molecule has 0 N–H and O–H groups in total. The van der Waals surface area contributed by atoms with Gasteiger partial charge in [0.15, 0.2) is 6.10 Å². The fourth-order valence-electron chi connectivity index (χ4n) is 8.09. The normalized spacial score (nSPS) is 12.1. The van der Waals surface area contributed by atoms with Gasteiger partial charge in [-0.05, 0) is 38.5 Å². The minimum absolute atomic E-state index is 0.0885. The summed E-state index contributed by atoms with van der Waals surface area (Å²) < 4.78 is 16.8. The summed E-state index contributed by atoms with van der Waals surface area (Å²) in [6, 6.07) is 0. The van der Waals surface area contributed by atoms with Gasteiger partial charge in [0.2, 0.25) is 0 Å². The summed E-state index contributed by atoms with van der Waals surface area (Å²) in [5.41, 5.74) is 0. The minimum Gasteiger partial charge on any atom is -0.462 e. The highest BCUT2D eigenvalue weighted by molar-refractivity contribution is 5.71. The van der Waals surface area contributed by atoms with E-state index in [-0.39, 0.29) is 37.5 Å². The van der Waals surface area contributed by atoms with Crippen molar-refractivity contribution in [1.29, 1.82) is 0 Å². The molecule has 1 unspecified atom stereocenters. The maximum atomic E-state index is 12.8. The molecule has 0 amide bonds. The van der Waals surface area contributed by atoms with E-state index in [2.05, 4.69) is 39.0 Å². The van der Waals surface area contributed by atoms with E-state index in [1.54, 1.807) is 0 Å². The van der Waals surface area contributed by atoms with Gasteiger partial charge in [-0.3, -0.25) is 14.4 Å². The zero-order valence-corrected chi connectivity index (χ0v) is 41.7. The molecule has 0 rings (SSSR count). The van der Waals surface area contributed by atoms with E-state index < -0.39 is 6.10 Å². The van der Waals surface area contributed by atoms with Gasteiger partial charge in [-0.15, -0.1) is 0 Å². The number of hydrogen-bond acceptors (Lipinski definition) is 6. The van der Waals surface area contributed by atoms with Crippen LogP contribution >= 0.6 is 0 Å². The number of esters is 3. The fourth-order valence-corrected chi connectivity index (χ4v) is 8.09. The van der Waals surface area contributed by atoms with Crippen molar-refractivity contribution in [3.05, 3.63) is 24.3 Å². The summed E-state index contributed by atoms with van der Waals surface area (Å²) in [5, 5.41) is 0. The van der Waals surface area contributed by atoms with Gasteiger partial charge in [-0.1, -0.05) is 263 Å². The third-order valence-electron chi connectivity index (χ3n) is 12.2. The third kappa shape index (κ3) is 48.9. The quantitative estimate of drug-likeness (QED) is 0.0262. The maximum Gasteiger partial charge on any atom is 0.306 e. The Bertz CT molecular complexity index is 1000. The molecular formula is C56H104O6. The van der Waals surface area contributed by atoms with Crippen LogP contribution in [0.1, 0.15) is 297 Å². The van der Waals surface area contributed by atoms with Crippen LogP contribution in [0.25, 0.3) is 0 Å². The molecule has 0 saturated carbocycles. The molecule has 0 spiro atoms. The second-order valence-corrected chi connectivity index (χ2v) is 18.5. The first-order valence-electron chi connectivity index (χ1n) is 27.3. The fraction of sp³-hybridized carbons (Fsp3) is 0.875. The van der Waals surface area contributed by atoms with Gasteiger partial charge in [0, 0.05) is 19.3 Å². The number of allylic oxidation sites excluding steroid dienone is 4. The smallest absolute Gasteiger partial charge is 0.306 e. The summed E-state index contributed by atoms with van der Waals surface area (Å²) in [4.78, 5) is 37.9. The average Bonchev–Trinajstić information content (AvgIpc) is 3.27. The van der Waals surface area contributed by atoms with E-state index in [4.69, 9.17) is 14.2 Å². The van der Waals surface area contributed by atoms with Crippen LogP contribution in [0.15, 0.2) is 24.3 Å². The Morgan fingerprint density at radius 3 is 0.952 bits per heavy atom. The molecule has 0 bridgehead atoms. The highest BCUT2D eigenvalue weighted by Gasteiger charge is 2.19. The first-order chi connectivity index (χ1) is 30.5. The molecule has 0 radical (unpaired) electrons. The van der Waals surface area contributed by atoms with Crippen molar-refractivity contribution in [3.8, 4) is 0 Å². The van der Waals surface area contributed by atoms with E-state index in [0.717, 1.165) is 51.4 Å². The van der Waals surface area contributed by atoms with E-state index in [1.807, 2.05) is 6.08 Å². The van der Waals surface area contributed by atoms with Gasteiger partial charge in [0.25, 0.3) is 0 Å². The first-order valence-corrected chi connectivity index (χ1v) is 27.3. The van der Waals surface area contributed by atoms with Gasteiger partial charge < -0.3 is 14.2 Å². The Morgan fingerprint density at radius 2 is 0.613 bits per heavy atom. The lowest BCUT2D eigenvalue weighted by molar-refractivity contribution is -0.166. The van der Waals surface area contributed by atoms with Gasteiger partial charge in [0.05, 0.1) is 0 Å². The number of hydrogen-bond donors (Lipinski definition) is 0. The standard InChI is InChI=1S/C56H104O6/c1-4-7-10-13-16-19-22-25-26-27-28-29-30-32-34-37-40-43-46-49-55(58)61-52-53(51-60-54(57)48-45-42-39-36-33-24-21-18-15-12-9-6-3)62-56(59)50-47-44-41-38-35-31-23-20-17-14-11-8-5-2/h31,35,41,44,53H,4-30,32-34,36-40,42-43,45-52H2,1-3H3/b35-31-,44-41-. The van der Waals surface area contributed by atoms with Crippen molar-refractivity contribution in [2.24, 2.45) is 0 Å². The molecule has 0 aliphatic rings. The number of ether oxygens (including phenoxy) is 3. The molecule has 0 aromatic heterocycles. The monoisotopic (exact) mass is 873 g/mol. The van der Waals surface area contributed by atoms with Crippen LogP contribution in [0.5, 0.6) is 0 Å². The van der Waals surface area contributed by atoms with Crippen molar-refractivity contribution < 1.29 is 28.6 Å². The summed E-state index contributed by atoms with van der Waals surface area (Å²) in [6.45, 7) is 6.62. The molecule has 0 aliphatic heterocycles. The van der Waals surface area contributed by atoms with Gasteiger partial charge in [-0.25, -0.2) is 0 Å². The van der Waals surface area contributed by atoms with Gasteiger partial charge in [-0.2, -0.15) is 0 Å². The largest absolute Gasteiger partial charge is 0.462 e. The predicted octanol–water partition coefficient (Wildman–Crippen LogP) is 17.9. The SMILES string of the molecule is CCCCCCCC/C=C\C/C=C\CCC(=O)OC(COC(=O)CCCCCCCCCCCCCC)COC(=O)CCCCCCCCCCCCCCCCCCCCC. The number of unbranched alkanes of at least 4 members (excludes halogenated alkanes) is 35. The van der Waals surface area contributed by atoms with E-state index in [0.29, 0.717) is 19.3 Å². The molecule has 0 heterocycles. The topological polar surface area (TPSA) is 78.9 Å². The van der Waals surface area contributed by atoms with Crippen molar-refractivity contribution in [2.75, 3.05) is 13.2 Å². The van der Waals surface area contributed by atoms with Crippen molar-refractivity contribution in [3.63, 3.8) is 0 Å². The average molecular weight is 873 g/mol. The maximum absolute atomic E-state index is 12.8. The molecular weight excluding hydrogens is 769 g/mol. The molecule has 6 heteroatoms. The minimum atomic E-state index is -0.795. The Hall–Kier alpha value is -2.11. The second-order valence-electron chi connectivity index (χ2n) is 18.5. The van der Waals surface area contributed by atoms with Crippen LogP contribution in [0, 0.1) is 0 Å². The molecule has 0 fully saturated rings. The lowest BCUT2D eigenvalue weighted by Crippen LogP contribution is -2.30. The molecule has 6 nitrogen and oxygen atoms in total. The van der Waals surface area contributed by atoms with E-state index in [9.17, 15) is 14.4 Å². The first kappa shape index (κ1) is 59.9. The Balaban J connectivity index is 4.32. The van der Waals surface area contributed by atoms with Crippen LogP contribution in [-0.2, 0) is 28.6 Å². The van der Waals surface area contributed by atoms with Crippen LogP contribution in [0.2, 0.25) is 0 Å². The summed E-state index contributed by atoms with van der Waals surface area (Å²) in [7, 11) is 0. The summed E-state index contributed by atoms with van der Waals surface area (Å²) in [6.07, 6.45) is 59.0. The zero-order chi connectivity index (χ0) is 45.1. The molecule has 0 saturated heterocycles. The summed E-state index contributed by atoms with van der Waals surface area (Å²) >= 11 is 0. The Morgan fingerprint density at radius 1 is 0.323 bits per heavy atom. The zero-order valence-electron chi connectivity index (χ0n) is 41.7. The third-order valence-corrected chi connectivity index (χ3v) is 12.2. The number of carbonyl (C=O) groups is 3. The summed E-state index contributed by atoms with van der Waals surface area (Å²) in [5.74, 6) is -0.940. The van der Waals surface area contributed by atoms with Crippen LogP contribution in [0.4, 0.5) is 0 Å². The number of carbonyl (C=O) groups excluding carboxylic acids is 3. The molecule has 1 atom stereocenters. The molecule has 0 aliphatic carbocycles. The number of rotatable bonds is 50. The Kier molecular flexibility index (Phi) is 49.8. The lowest BCUT2D eigenvalue weighted by Gasteiger charge is -2.18. The molecule has 0 aromatic rings. The lowest BCUT2D eigenvalue weighted by atomic mass is 10.0. The van der Waals surface area contributed by atoms with Gasteiger partial charge in [0.1, 0.15) is 13.2 Å². The predicted molar refractivity (Wildman–Crippen MR) is 266 cm³/mol. The van der Waals surface area contributed by atoms with Gasteiger partial charge >= 0.3 is 17.9 Å². The van der Waals surface area contributed by atoms with Crippen molar-refractivity contribution in [2.45, 2.75) is 303 Å². The Labute approximate surface area is 385 Å². The molecule has 62 heavy (non-hydrogen) atoms. The highest BCUT2D eigenvalue weighted by atomic mass is 16.6. The van der Waals surface area contributed by atoms with Crippen molar-refractivity contribution >= 4 is 17.9 Å². The highest BCUT2D eigenvalue weighted by Crippen LogP contribution is 2.16.